The van der Waals surface area contributed by atoms with Crippen LogP contribution >= 0.6 is 0 Å². The molecular weight excluding hydrogens is 815 g/mol. The molecule has 0 radical (unpaired) electrons. The third-order valence-corrected chi connectivity index (χ3v) is 13.2. The van der Waals surface area contributed by atoms with E-state index in [0.717, 1.165) is 51.4 Å². The van der Waals surface area contributed by atoms with Crippen molar-refractivity contribution in [3.63, 3.8) is 0 Å². The largest absolute Gasteiger partial charge is 0.394 e. The van der Waals surface area contributed by atoms with Crippen molar-refractivity contribution in [2.75, 3.05) is 13.2 Å². The lowest BCUT2D eigenvalue weighted by atomic mass is 9.99. The Balaban J connectivity index is 2.28. The molecule has 7 unspecified atom stereocenters. The number of hydrogen-bond donors (Lipinski definition) is 6. The molecule has 1 heterocycles. The lowest BCUT2D eigenvalue weighted by Crippen LogP contribution is -2.60. The van der Waals surface area contributed by atoms with Crippen molar-refractivity contribution < 1.29 is 39.8 Å². The van der Waals surface area contributed by atoms with Crippen molar-refractivity contribution in [3.8, 4) is 0 Å². The van der Waals surface area contributed by atoms with Crippen LogP contribution in [0.4, 0.5) is 0 Å². The molecule has 1 aliphatic heterocycles. The summed E-state index contributed by atoms with van der Waals surface area (Å²) in [4.78, 5) is 13.0. The van der Waals surface area contributed by atoms with Crippen molar-refractivity contribution in [1.29, 1.82) is 0 Å². The van der Waals surface area contributed by atoms with Gasteiger partial charge in [-0.05, 0) is 57.8 Å². The molecule has 1 aliphatic rings. The minimum Gasteiger partial charge on any atom is -0.394 e. The number of carbonyl (C=O) groups excluding carboxylic acids is 1. The predicted octanol–water partition coefficient (Wildman–Crippen LogP) is 13.2. The van der Waals surface area contributed by atoms with Gasteiger partial charge in [0.2, 0.25) is 5.91 Å². The Morgan fingerprint density at radius 3 is 1.29 bits per heavy atom. The maximum atomic E-state index is 13.0. The zero-order valence-corrected chi connectivity index (χ0v) is 42.3. The fourth-order valence-electron chi connectivity index (χ4n) is 8.76. The van der Waals surface area contributed by atoms with E-state index in [2.05, 4.69) is 43.5 Å². The number of aliphatic hydroxyl groups excluding tert-OH is 5. The first-order valence-electron chi connectivity index (χ1n) is 27.7. The van der Waals surface area contributed by atoms with Gasteiger partial charge in [-0.25, -0.2) is 0 Å². The fourth-order valence-corrected chi connectivity index (χ4v) is 8.76. The van der Waals surface area contributed by atoms with Crippen molar-refractivity contribution in [1.82, 2.24) is 5.32 Å². The second-order valence-electron chi connectivity index (χ2n) is 19.4. The lowest BCUT2D eigenvalue weighted by molar-refractivity contribution is -0.302. The van der Waals surface area contributed by atoms with Crippen LogP contribution in [0.1, 0.15) is 258 Å². The van der Waals surface area contributed by atoms with Crippen LogP contribution in [0.25, 0.3) is 0 Å². The topological polar surface area (TPSA) is 149 Å². The average molecular weight is 920 g/mol. The number of hydrogen-bond acceptors (Lipinski definition) is 8. The summed E-state index contributed by atoms with van der Waals surface area (Å²) in [5.41, 5.74) is 0. The van der Waals surface area contributed by atoms with Crippen molar-refractivity contribution >= 4 is 5.91 Å². The molecule has 0 spiro atoms. The van der Waals surface area contributed by atoms with Gasteiger partial charge in [0.1, 0.15) is 24.4 Å². The Morgan fingerprint density at radius 2 is 0.877 bits per heavy atom. The average Bonchev–Trinajstić information content (AvgIpc) is 3.31. The van der Waals surface area contributed by atoms with E-state index in [1.54, 1.807) is 6.08 Å². The molecule has 1 fully saturated rings. The number of ether oxygens (including phenoxy) is 2. The molecule has 0 aromatic rings. The Labute approximate surface area is 400 Å². The molecule has 0 aromatic heterocycles. The van der Waals surface area contributed by atoms with Crippen LogP contribution < -0.4 is 5.32 Å². The molecule has 382 valence electrons. The van der Waals surface area contributed by atoms with Gasteiger partial charge in [0.05, 0.1) is 25.4 Å². The zero-order chi connectivity index (χ0) is 47.3. The summed E-state index contributed by atoms with van der Waals surface area (Å²) >= 11 is 0. The van der Waals surface area contributed by atoms with E-state index in [-0.39, 0.29) is 12.5 Å². The third kappa shape index (κ3) is 36.1. The summed E-state index contributed by atoms with van der Waals surface area (Å²) in [6.45, 7) is 3.78. The van der Waals surface area contributed by atoms with Crippen molar-refractivity contribution in [2.24, 2.45) is 0 Å². The van der Waals surface area contributed by atoms with Gasteiger partial charge in [0.25, 0.3) is 0 Å². The minimum absolute atomic E-state index is 0.189. The first-order valence-corrected chi connectivity index (χ1v) is 27.7. The molecule has 1 rings (SSSR count). The minimum atomic E-state index is -1.57. The predicted molar refractivity (Wildman–Crippen MR) is 272 cm³/mol. The van der Waals surface area contributed by atoms with Crippen molar-refractivity contribution in [2.45, 2.75) is 301 Å². The monoisotopic (exact) mass is 920 g/mol. The standard InChI is InChI=1S/C56H105NO8/c1-3-5-7-9-11-13-15-17-19-21-23-25-26-28-30-32-34-36-38-40-42-44-46-52(60)57-49(48-64-56-55(63)54(62)53(61)51(47-58)65-56)50(59)45-43-41-39-37-35-33-31-29-27-24-22-20-18-16-14-12-10-8-6-4-2/h26,28,35,37,43,45,49-51,53-56,58-59,61-63H,3-25,27,29-34,36,38-42,44,46-48H2,1-2H3,(H,57,60)/b28-26-,37-35+,45-43+. The Morgan fingerprint density at radius 1 is 0.508 bits per heavy atom. The van der Waals surface area contributed by atoms with Crippen molar-refractivity contribution in [3.05, 3.63) is 36.5 Å². The zero-order valence-electron chi connectivity index (χ0n) is 42.3. The summed E-state index contributed by atoms with van der Waals surface area (Å²) in [6.07, 6.45) is 52.0. The Bertz CT molecular complexity index is 1110. The maximum Gasteiger partial charge on any atom is 0.220 e. The van der Waals surface area contributed by atoms with Gasteiger partial charge in [-0.15, -0.1) is 0 Å². The smallest absolute Gasteiger partial charge is 0.220 e. The maximum absolute atomic E-state index is 13.0. The van der Waals surface area contributed by atoms with Crippen LogP contribution in [0.3, 0.4) is 0 Å². The fraction of sp³-hybridized carbons (Fsp3) is 0.875. The van der Waals surface area contributed by atoms with E-state index in [1.807, 2.05) is 6.08 Å². The molecule has 0 saturated carbocycles. The third-order valence-electron chi connectivity index (χ3n) is 13.2. The molecule has 7 atom stereocenters. The van der Waals surface area contributed by atoms with Gasteiger partial charge in [0.15, 0.2) is 6.29 Å². The van der Waals surface area contributed by atoms with Crippen LogP contribution in [0, 0.1) is 0 Å². The van der Waals surface area contributed by atoms with E-state index >= 15 is 0 Å². The van der Waals surface area contributed by atoms with E-state index in [4.69, 9.17) is 9.47 Å². The molecule has 0 aromatic carbocycles. The number of carbonyl (C=O) groups is 1. The molecule has 1 saturated heterocycles. The van der Waals surface area contributed by atoms with E-state index in [9.17, 15) is 30.3 Å². The number of allylic oxidation sites excluding steroid dienone is 5. The highest BCUT2D eigenvalue weighted by atomic mass is 16.7. The first kappa shape index (κ1) is 61.4. The molecule has 6 N–H and O–H groups in total. The van der Waals surface area contributed by atoms with Gasteiger partial charge in [-0.2, -0.15) is 0 Å². The normalized spacial score (nSPS) is 20.1. The quantitative estimate of drug-likeness (QED) is 0.0261. The molecule has 9 nitrogen and oxygen atoms in total. The molecule has 9 heteroatoms. The summed E-state index contributed by atoms with van der Waals surface area (Å²) in [5.74, 6) is -0.189. The number of unbranched alkanes of at least 4 members (excludes halogenated alkanes) is 33. The molecule has 0 bridgehead atoms. The summed E-state index contributed by atoms with van der Waals surface area (Å²) in [7, 11) is 0. The van der Waals surface area contributed by atoms with E-state index < -0.39 is 49.5 Å². The second kappa shape index (κ2) is 46.2. The highest BCUT2D eigenvalue weighted by Crippen LogP contribution is 2.23. The number of amides is 1. The number of nitrogens with one attached hydrogen (secondary N) is 1. The van der Waals surface area contributed by atoms with Crippen LogP contribution in [0.15, 0.2) is 36.5 Å². The summed E-state index contributed by atoms with van der Waals surface area (Å²) in [6, 6.07) is -0.823. The van der Waals surface area contributed by atoms with Gasteiger partial charge in [-0.3, -0.25) is 4.79 Å². The van der Waals surface area contributed by atoms with Crippen LogP contribution in [0.2, 0.25) is 0 Å². The Hall–Kier alpha value is -1.59. The lowest BCUT2D eigenvalue weighted by Gasteiger charge is -2.40. The van der Waals surface area contributed by atoms with Gasteiger partial charge in [0, 0.05) is 6.42 Å². The number of rotatable bonds is 47. The summed E-state index contributed by atoms with van der Waals surface area (Å²) < 4.78 is 11.2. The molecule has 65 heavy (non-hydrogen) atoms. The van der Waals surface area contributed by atoms with Gasteiger partial charge >= 0.3 is 0 Å². The molecule has 0 aliphatic carbocycles. The Kier molecular flexibility index (Phi) is 43.6. The van der Waals surface area contributed by atoms with Gasteiger partial charge in [-0.1, -0.05) is 230 Å². The van der Waals surface area contributed by atoms with Crippen LogP contribution in [-0.2, 0) is 14.3 Å². The SMILES string of the molecule is CCCCCCCCCCCCC/C=C\CCCCCCCCCC(=O)NC(COC1OC(CO)C(O)C(O)C1O)C(O)/C=C/CC/C=C/CCCCCCCCCCCCCCCC. The van der Waals surface area contributed by atoms with Crippen LogP contribution in [0.5, 0.6) is 0 Å². The van der Waals surface area contributed by atoms with Crippen LogP contribution in [-0.4, -0.2) is 87.5 Å². The highest BCUT2D eigenvalue weighted by Gasteiger charge is 2.44. The van der Waals surface area contributed by atoms with E-state index in [0.29, 0.717) is 6.42 Å². The summed E-state index contributed by atoms with van der Waals surface area (Å²) in [5, 5.41) is 54.4. The first-order chi connectivity index (χ1) is 31.8. The molecular formula is C56H105NO8. The van der Waals surface area contributed by atoms with Gasteiger partial charge < -0.3 is 40.3 Å². The second-order valence-corrected chi connectivity index (χ2v) is 19.4. The number of aliphatic hydroxyl groups is 5. The highest BCUT2D eigenvalue weighted by molar-refractivity contribution is 5.76. The molecule has 1 amide bonds. The van der Waals surface area contributed by atoms with E-state index in [1.165, 1.54) is 186 Å².